The molecule has 3 nitrogen and oxygen atoms in total. The minimum atomic E-state index is 0.0219. The Morgan fingerprint density at radius 1 is 1.64 bits per heavy atom. The quantitative estimate of drug-likeness (QED) is 0.365. The second-order valence-electron chi connectivity index (χ2n) is 2.25. The van der Waals surface area contributed by atoms with E-state index in [1.54, 1.807) is 0 Å². The van der Waals surface area contributed by atoms with E-state index in [1.807, 2.05) is 6.92 Å². The van der Waals surface area contributed by atoms with E-state index in [1.165, 1.54) is 0 Å². The average Bonchev–Trinajstić information content (AvgIpc) is 2.05. The largest absolute Gasteiger partial charge is 0.395 e. The van der Waals surface area contributed by atoms with Crippen LogP contribution in [0.15, 0.2) is 0 Å². The molecule has 0 aromatic carbocycles. The molecule has 1 atom stereocenters. The third-order valence-electron chi connectivity index (χ3n) is 1.36. The lowest BCUT2D eigenvalue weighted by molar-refractivity contribution is 0.246. The van der Waals surface area contributed by atoms with Gasteiger partial charge in [-0.3, -0.25) is 0 Å². The van der Waals surface area contributed by atoms with E-state index >= 15 is 0 Å². The molecule has 11 heavy (non-hydrogen) atoms. The van der Waals surface area contributed by atoms with E-state index in [4.69, 9.17) is 10.8 Å². The molecule has 0 amide bonds. The SMILES string of the molecule is CC#CCCNC(CN)CO. The van der Waals surface area contributed by atoms with Crippen molar-refractivity contribution >= 4 is 0 Å². The fraction of sp³-hybridized carbons (Fsp3) is 0.750. The van der Waals surface area contributed by atoms with Crippen molar-refractivity contribution in [3.8, 4) is 11.8 Å². The van der Waals surface area contributed by atoms with Crippen LogP contribution in [-0.2, 0) is 0 Å². The zero-order valence-electron chi connectivity index (χ0n) is 6.93. The first-order chi connectivity index (χ1) is 5.35. The van der Waals surface area contributed by atoms with Gasteiger partial charge in [0.05, 0.1) is 6.61 Å². The van der Waals surface area contributed by atoms with E-state index in [2.05, 4.69) is 17.2 Å². The van der Waals surface area contributed by atoms with Gasteiger partial charge in [-0.25, -0.2) is 0 Å². The maximum atomic E-state index is 8.70. The highest BCUT2D eigenvalue weighted by Gasteiger charge is 2.00. The third kappa shape index (κ3) is 5.86. The van der Waals surface area contributed by atoms with E-state index in [-0.39, 0.29) is 12.6 Å². The highest BCUT2D eigenvalue weighted by atomic mass is 16.3. The molecule has 1 unspecified atom stereocenters. The molecule has 0 bridgehead atoms. The van der Waals surface area contributed by atoms with Crippen LogP contribution in [0, 0.1) is 11.8 Å². The van der Waals surface area contributed by atoms with E-state index < -0.39 is 0 Å². The smallest absolute Gasteiger partial charge is 0.0597 e. The van der Waals surface area contributed by atoms with Crippen LogP contribution in [-0.4, -0.2) is 30.8 Å². The second kappa shape index (κ2) is 7.55. The zero-order chi connectivity index (χ0) is 8.53. The summed E-state index contributed by atoms with van der Waals surface area (Å²) >= 11 is 0. The Kier molecular flexibility index (Phi) is 7.16. The van der Waals surface area contributed by atoms with Crippen molar-refractivity contribution in [2.24, 2.45) is 5.73 Å². The maximum absolute atomic E-state index is 8.70. The van der Waals surface area contributed by atoms with Crippen LogP contribution in [0.25, 0.3) is 0 Å². The van der Waals surface area contributed by atoms with Crippen molar-refractivity contribution in [3.63, 3.8) is 0 Å². The van der Waals surface area contributed by atoms with Gasteiger partial charge in [0.15, 0.2) is 0 Å². The standard InChI is InChI=1S/C8H16N2O/c1-2-3-4-5-10-8(6-9)7-11/h8,10-11H,4-7,9H2,1H3. The Bertz CT molecular complexity index is 133. The molecule has 0 aromatic rings. The summed E-state index contributed by atoms with van der Waals surface area (Å²) in [6.07, 6.45) is 0.812. The third-order valence-corrected chi connectivity index (χ3v) is 1.36. The minimum Gasteiger partial charge on any atom is -0.395 e. The van der Waals surface area contributed by atoms with Crippen molar-refractivity contribution in [2.45, 2.75) is 19.4 Å². The Morgan fingerprint density at radius 2 is 2.36 bits per heavy atom. The van der Waals surface area contributed by atoms with Crippen molar-refractivity contribution in [1.82, 2.24) is 5.32 Å². The Labute approximate surface area is 68.0 Å². The van der Waals surface area contributed by atoms with Crippen LogP contribution in [0.2, 0.25) is 0 Å². The number of nitrogens with one attached hydrogen (secondary N) is 1. The Balaban J connectivity index is 3.25. The summed E-state index contributed by atoms with van der Waals surface area (Å²) in [6, 6.07) is 0.0219. The topological polar surface area (TPSA) is 58.3 Å². The molecule has 0 aliphatic rings. The maximum Gasteiger partial charge on any atom is 0.0597 e. The molecule has 0 aliphatic heterocycles. The number of rotatable bonds is 5. The van der Waals surface area contributed by atoms with Gasteiger partial charge in [-0.15, -0.1) is 11.8 Å². The monoisotopic (exact) mass is 156 g/mol. The minimum absolute atomic E-state index is 0.0219. The molecule has 0 spiro atoms. The van der Waals surface area contributed by atoms with E-state index in [0.29, 0.717) is 6.54 Å². The van der Waals surface area contributed by atoms with Crippen LogP contribution in [0.4, 0.5) is 0 Å². The van der Waals surface area contributed by atoms with Crippen LogP contribution in [0.1, 0.15) is 13.3 Å². The van der Waals surface area contributed by atoms with Crippen LogP contribution in [0.3, 0.4) is 0 Å². The summed E-state index contributed by atoms with van der Waals surface area (Å²) in [7, 11) is 0. The molecule has 0 saturated carbocycles. The van der Waals surface area contributed by atoms with Gasteiger partial charge in [0.25, 0.3) is 0 Å². The second-order valence-corrected chi connectivity index (χ2v) is 2.25. The van der Waals surface area contributed by atoms with Crippen molar-refractivity contribution in [3.05, 3.63) is 0 Å². The fourth-order valence-corrected chi connectivity index (χ4v) is 0.686. The van der Waals surface area contributed by atoms with E-state index in [0.717, 1.165) is 13.0 Å². The average molecular weight is 156 g/mol. The molecule has 4 N–H and O–H groups in total. The number of hydrogen-bond donors (Lipinski definition) is 3. The fourth-order valence-electron chi connectivity index (χ4n) is 0.686. The molecule has 0 rings (SSSR count). The number of aliphatic hydroxyl groups excluding tert-OH is 1. The van der Waals surface area contributed by atoms with Gasteiger partial charge in [-0.2, -0.15) is 0 Å². The highest BCUT2D eigenvalue weighted by molar-refractivity contribution is 4.95. The predicted molar refractivity (Wildman–Crippen MR) is 46.0 cm³/mol. The van der Waals surface area contributed by atoms with E-state index in [9.17, 15) is 0 Å². The summed E-state index contributed by atoms with van der Waals surface area (Å²) in [4.78, 5) is 0. The van der Waals surface area contributed by atoms with Crippen LogP contribution in [0.5, 0.6) is 0 Å². The number of hydrogen-bond acceptors (Lipinski definition) is 3. The summed E-state index contributed by atoms with van der Waals surface area (Å²) in [5, 5.41) is 11.8. The molecule has 64 valence electrons. The summed E-state index contributed by atoms with van der Waals surface area (Å²) in [5.74, 6) is 5.71. The normalized spacial score (nSPS) is 11.9. The summed E-state index contributed by atoms with van der Waals surface area (Å²) in [5.41, 5.74) is 5.34. The van der Waals surface area contributed by atoms with Gasteiger partial charge < -0.3 is 16.2 Å². The molecule has 0 aliphatic carbocycles. The Morgan fingerprint density at radius 3 is 2.82 bits per heavy atom. The first-order valence-corrected chi connectivity index (χ1v) is 3.79. The van der Waals surface area contributed by atoms with Gasteiger partial charge in [0, 0.05) is 25.6 Å². The van der Waals surface area contributed by atoms with Crippen molar-refractivity contribution in [1.29, 1.82) is 0 Å². The van der Waals surface area contributed by atoms with Crippen molar-refractivity contribution < 1.29 is 5.11 Å². The molecule has 0 saturated heterocycles. The summed E-state index contributed by atoms with van der Waals surface area (Å²) in [6.45, 7) is 3.17. The van der Waals surface area contributed by atoms with Gasteiger partial charge in [-0.05, 0) is 6.92 Å². The number of nitrogens with two attached hydrogens (primary N) is 1. The lowest BCUT2D eigenvalue weighted by Crippen LogP contribution is -2.39. The van der Waals surface area contributed by atoms with Crippen LogP contribution < -0.4 is 11.1 Å². The van der Waals surface area contributed by atoms with Gasteiger partial charge >= 0.3 is 0 Å². The lowest BCUT2D eigenvalue weighted by atomic mass is 10.3. The molecule has 3 heteroatoms. The molecule has 0 heterocycles. The van der Waals surface area contributed by atoms with Crippen molar-refractivity contribution in [2.75, 3.05) is 19.7 Å². The lowest BCUT2D eigenvalue weighted by Gasteiger charge is -2.11. The first kappa shape index (κ1) is 10.4. The zero-order valence-corrected chi connectivity index (χ0v) is 6.93. The highest BCUT2D eigenvalue weighted by Crippen LogP contribution is 1.78. The van der Waals surface area contributed by atoms with Gasteiger partial charge in [0.2, 0.25) is 0 Å². The molecular weight excluding hydrogens is 140 g/mol. The van der Waals surface area contributed by atoms with Gasteiger partial charge in [0.1, 0.15) is 0 Å². The number of aliphatic hydroxyl groups is 1. The molecular formula is C8H16N2O. The Hall–Kier alpha value is -0.560. The van der Waals surface area contributed by atoms with Crippen LogP contribution >= 0.6 is 0 Å². The predicted octanol–water partition coefficient (Wildman–Crippen LogP) is -0.691. The molecule has 0 aromatic heterocycles. The van der Waals surface area contributed by atoms with Gasteiger partial charge in [-0.1, -0.05) is 0 Å². The summed E-state index contributed by atoms with van der Waals surface area (Å²) < 4.78 is 0. The first-order valence-electron chi connectivity index (χ1n) is 3.79. The molecule has 0 radical (unpaired) electrons. The molecule has 0 fully saturated rings.